The summed E-state index contributed by atoms with van der Waals surface area (Å²) >= 11 is 0. The first-order valence-corrected chi connectivity index (χ1v) is 5.77. The van der Waals surface area contributed by atoms with Crippen LogP contribution in [0.5, 0.6) is 5.75 Å². The average molecular weight is 290 g/mol. The molecule has 0 unspecified atom stereocenters. The van der Waals surface area contributed by atoms with E-state index in [9.17, 15) is 18.9 Å². The van der Waals surface area contributed by atoms with Crippen LogP contribution >= 0.6 is 0 Å². The quantitative estimate of drug-likeness (QED) is 0.639. The Bertz CT molecular complexity index is 741. The molecule has 0 spiro atoms. The molecule has 0 bridgehead atoms. The van der Waals surface area contributed by atoms with Crippen molar-refractivity contribution in [2.45, 2.75) is 6.61 Å². The summed E-state index contributed by atoms with van der Waals surface area (Å²) in [5.41, 5.74) is -0.536. The van der Waals surface area contributed by atoms with Crippen molar-refractivity contribution < 1.29 is 18.4 Å². The van der Waals surface area contributed by atoms with Gasteiger partial charge < -0.3 is 4.74 Å². The molecule has 0 atom stereocenters. The molecule has 0 saturated heterocycles. The summed E-state index contributed by atoms with van der Waals surface area (Å²) in [5, 5.41) is 19.5. The Hall–Kier alpha value is -3.01. The number of ether oxygens (including phenoxy) is 1. The van der Waals surface area contributed by atoms with E-state index in [0.29, 0.717) is 0 Å². The largest absolute Gasteiger partial charge is 0.482 e. The van der Waals surface area contributed by atoms with Gasteiger partial charge in [-0.1, -0.05) is 12.1 Å². The number of halogens is 2. The van der Waals surface area contributed by atoms with Crippen molar-refractivity contribution in [3.8, 4) is 11.8 Å². The minimum Gasteiger partial charge on any atom is -0.482 e. The molecule has 0 heterocycles. The lowest BCUT2D eigenvalue weighted by Crippen LogP contribution is -2.02. The first-order valence-electron chi connectivity index (χ1n) is 5.77. The van der Waals surface area contributed by atoms with Crippen LogP contribution in [0.2, 0.25) is 0 Å². The van der Waals surface area contributed by atoms with Crippen molar-refractivity contribution in [1.29, 1.82) is 5.26 Å². The van der Waals surface area contributed by atoms with Crippen LogP contribution in [-0.4, -0.2) is 4.92 Å². The fourth-order valence-corrected chi connectivity index (χ4v) is 1.69. The van der Waals surface area contributed by atoms with E-state index in [-0.39, 0.29) is 23.5 Å². The van der Waals surface area contributed by atoms with E-state index in [1.54, 1.807) is 6.07 Å². The van der Waals surface area contributed by atoms with Crippen molar-refractivity contribution in [2.75, 3.05) is 0 Å². The van der Waals surface area contributed by atoms with Crippen LogP contribution in [0.3, 0.4) is 0 Å². The molecule has 0 N–H and O–H groups in total. The molecule has 0 aliphatic carbocycles. The van der Waals surface area contributed by atoms with E-state index in [1.165, 1.54) is 18.2 Å². The Morgan fingerprint density at radius 1 is 1.29 bits per heavy atom. The minimum atomic E-state index is -0.765. The summed E-state index contributed by atoms with van der Waals surface area (Å²) in [6.45, 7) is -0.356. The topological polar surface area (TPSA) is 76.2 Å². The van der Waals surface area contributed by atoms with Crippen molar-refractivity contribution in [1.82, 2.24) is 0 Å². The van der Waals surface area contributed by atoms with E-state index in [2.05, 4.69) is 0 Å². The highest BCUT2D eigenvalue weighted by Gasteiger charge is 2.17. The highest BCUT2D eigenvalue weighted by Crippen LogP contribution is 2.28. The number of rotatable bonds is 4. The van der Waals surface area contributed by atoms with Gasteiger partial charge in [0.05, 0.1) is 10.5 Å². The monoisotopic (exact) mass is 290 g/mol. The maximum absolute atomic E-state index is 13.8. The molecular formula is C14H8F2N2O3. The zero-order chi connectivity index (χ0) is 15.4. The van der Waals surface area contributed by atoms with Gasteiger partial charge in [-0.3, -0.25) is 10.1 Å². The van der Waals surface area contributed by atoms with Gasteiger partial charge in [-0.25, -0.2) is 8.78 Å². The summed E-state index contributed by atoms with van der Waals surface area (Å²) in [4.78, 5) is 10.1. The molecule has 0 aliphatic heterocycles. The van der Waals surface area contributed by atoms with E-state index >= 15 is 0 Å². The molecule has 0 amide bonds. The number of hydrogen-bond acceptors (Lipinski definition) is 4. The Morgan fingerprint density at radius 2 is 2.05 bits per heavy atom. The van der Waals surface area contributed by atoms with Gasteiger partial charge in [-0.15, -0.1) is 0 Å². The summed E-state index contributed by atoms with van der Waals surface area (Å²) in [6, 6.07) is 8.55. The van der Waals surface area contributed by atoms with Gasteiger partial charge in [0.25, 0.3) is 0 Å². The molecule has 106 valence electrons. The molecule has 7 heteroatoms. The second kappa shape index (κ2) is 5.96. The molecule has 0 aliphatic rings. The molecule has 0 radical (unpaired) electrons. The van der Waals surface area contributed by atoms with Gasteiger partial charge in [0.1, 0.15) is 24.3 Å². The highest BCUT2D eigenvalue weighted by molar-refractivity contribution is 5.46. The maximum atomic E-state index is 13.8. The predicted octanol–water partition coefficient (Wildman–Crippen LogP) is 3.32. The first kappa shape index (κ1) is 14.4. The summed E-state index contributed by atoms with van der Waals surface area (Å²) in [5.74, 6) is -1.78. The van der Waals surface area contributed by atoms with Crippen LogP contribution < -0.4 is 4.74 Å². The van der Waals surface area contributed by atoms with Crippen molar-refractivity contribution in [3.63, 3.8) is 0 Å². The number of benzene rings is 2. The van der Waals surface area contributed by atoms with Crippen molar-refractivity contribution in [3.05, 3.63) is 69.3 Å². The zero-order valence-corrected chi connectivity index (χ0v) is 10.5. The maximum Gasteiger partial charge on any atom is 0.311 e. The second-order valence-corrected chi connectivity index (χ2v) is 4.05. The standard InChI is InChI=1S/C14H8F2N2O3/c15-11-4-5-12(18(19)20)13(6-11)21-8-10-3-1-2-9(7-17)14(10)16/h1-6H,8H2. The van der Waals surface area contributed by atoms with E-state index in [0.717, 1.165) is 18.2 Å². The van der Waals surface area contributed by atoms with Crippen LogP contribution in [0.25, 0.3) is 0 Å². The van der Waals surface area contributed by atoms with Crippen LogP contribution in [0, 0.1) is 33.1 Å². The Balaban J connectivity index is 2.27. The summed E-state index contributed by atoms with van der Waals surface area (Å²) < 4.78 is 32.0. The Morgan fingerprint density at radius 3 is 2.71 bits per heavy atom. The van der Waals surface area contributed by atoms with Gasteiger partial charge in [-0.2, -0.15) is 5.26 Å². The third-order valence-corrected chi connectivity index (χ3v) is 2.70. The van der Waals surface area contributed by atoms with Crippen LogP contribution in [0.15, 0.2) is 36.4 Å². The van der Waals surface area contributed by atoms with Gasteiger partial charge in [0.2, 0.25) is 0 Å². The third-order valence-electron chi connectivity index (χ3n) is 2.70. The molecule has 2 aromatic rings. The molecular weight excluding hydrogens is 282 g/mol. The lowest BCUT2D eigenvalue weighted by atomic mass is 10.1. The van der Waals surface area contributed by atoms with Gasteiger partial charge in [0, 0.05) is 17.7 Å². The predicted molar refractivity (Wildman–Crippen MR) is 68.5 cm³/mol. The number of hydrogen-bond donors (Lipinski definition) is 0. The van der Waals surface area contributed by atoms with Crippen LogP contribution in [-0.2, 0) is 6.61 Å². The van der Waals surface area contributed by atoms with Gasteiger partial charge in [0.15, 0.2) is 5.75 Å². The summed E-state index contributed by atoms with van der Waals surface area (Å²) in [7, 11) is 0. The van der Waals surface area contributed by atoms with E-state index in [1.807, 2.05) is 0 Å². The van der Waals surface area contributed by atoms with Crippen LogP contribution in [0.4, 0.5) is 14.5 Å². The Labute approximate surface area is 118 Å². The smallest absolute Gasteiger partial charge is 0.311 e. The Kier molecular flexibility index (Phi) is 4.09. The molecule has 0 saturated carbocycles. The second-order valence-electron chi connectivity index (χ2n) is 4.05. The van der Waals surface area contributed by atoms with Crippen molar-refractivity contribution >= 4 is 5.69 Å². The average Bonchev–Trinajstić information content (AvgIpc) is 2.46. The number of nitro benzene ring substituents is 1. The fourth-order valence-electron chi connectivity index (χ4n) is 1.69. The fraction of sp³-hybridized carbons (Fsp3) is 0.0714. The van der Waals surface area contributed by atoms with Crippen molar-refractivity contribution in [2.24, 2.45) is 0 Å². The normalized spacial score (nSPS) is 9.95. The van der Waals surface area contributed by atoms with Crippen LogP contribution in [0.1, 0.15) is 11.1 Å². The number of nitrogens with zero attached hydrogens (tertiary/aromatic N) is 2. The first-order chi connectivity index (χ1) is 10.0. The molecule has 5 nitrogen and oxygen atoms in total. The zero-order valence-electron chi connectivity index (χ0n) is 10.5. The number of nitro groups is 1. The van der Waals surface area contributed by atoms with E-state index in [4.69, 9.17) is 10.00 Å². The SMILES string of the molecule is N#Cc1cccc(COc2cc(F)ccc2[N+](=O)[O-])c1F. The molecule has 21 heavy (non-hydrogen) atoms. The minimum absolute atomic E-state index is 0.0487. The molecule has 0 fully saturated rings. The lowest BCUT2D eigenvalue weighted by Gasteiger charge is -2.08. The highest BCUT2D eigenvalue weighted by atomic mass is 19.1. The molecule has 2 rings (SSSR count). The van der Waals surface area contributed by atoms with Gasteiger partial charge >= 0.3 is 5.69 Å². The molecule has 2 aromatic carbocycles. The van der Waals surface area contributed by atoms with Gasteiger partial charge in [-0.05, 0) is 12.1 Å². The third kappa shape index (κ3) is 3.12. The van der Waals surface area contributed by atoms with E-state index < -0.39 is 22.2 Å². The lowest BCUT2D eigenvalue weighted by molar-refractivity contribution is -0.386. The molecule has 0 aromatic heterocycles. The summed E-state index contributed by atoms with van der Waals surface area (Å²) in [6.07, 6.45) is 0. The number of nitriles is 1.